The molecular weight excluding hydrogens is 1420 g/mol. The monoisotopic (exact) mass is 1500 g/mol. The van der Waals surface area contributed by atoms with Crippen LogP contribution in [0, 0.1) is 0 Å². The van der Waals surface area contributed by atoms with E-state index in [1.807, 2.05) is 0 Å². The molecule has 0 unspecified atom stereocenters. The van der Waals surface area contributed by atoms with Crippen molar-refractivity contribution in [3.8, 4) is 100 Å². The summed E-state index contributed by atoms with van der Waals surface area (Å²) in [6.45, 7) is 9.55. The molecule has 558 valence electrons. The second kappa shape index (κ2) is 27.7. The molecule has 2 heteroatoms. The molecule has 0 bridgehead atoms. The topological polar surface area (TPSA) is 6.48 Å². The van der Waals surface area contributed by atoms with Crippen LogP contribution in [0.1, 0.15) is 94.5 Å². The summed E-state index contributed by atoms with van der Waals surface area (Å²) in [6, 6.07) is 164. The smallest absolute Gasteiger partial charge is 0.0714 e. The molecule has 18 aromatic rings. The van der Waals surface area contributed by atoms with E-state index >= 15 is 0 Å². The van der Waals surface area contributed by atoms with Gasteiger partial charge in [-0.15, -0.1) is 0 Å². The van der Waals surface area contributed by atoms with Crippen molar-refractivity contribution in [3.05, 3.63) is 504 Å². The van der Waals surface area contributed by atoms with Crippen LogP contribution in [-0.2, 0) is 21.7 Å². The van der Waals surface area contributed by atoms with E-state index in [-0.39, 0.29) is 10.8 Å². The summed E-state index contributed by atoms with van der Waals surface area (Å²) in [4.78, 5) is 4.92. The Kier molecular flexibility index (Phi) is 16.5. The Morgan fingerprint density at radius 3 is 0.932 bits per heavy atom. The first kappa shape index (κ1) is 70.2. The lowest BCUT2D eigenvalue weighted by Gasteiger charge is -2.35. The molecule has 22 rings (SSSR count). The average Bonchev–Trinajstić information content (AvgIpc) is 1.54. The van der Waals surface area contributed by atoms with E-state index in [9.17, 15) is 0 Å². The third kappa shape index (κ3) is 10.9. The van der Waals surface area contributed by atoms with E-state index < -0.39 is 10.8 Å². The zero-order valence-electron chi connectivity index (χ0n) is 66.5. The molecule has 0 atom stereocenters. The summed E-state index contributed by atoms with van der Waals surface area (Å²) in [5.41, 5.74) is 42.6. The molecule has 0 heterocycles. The number of nitrogens with zero attached hydrogens (tertiary/aromatic N) is 2. The summed E-state index contributed by atoms with van der Waals surface area (Å²) >= 11 is 0. The molecule has 2 nitrogen and oxygen atoms in total. The van der Waals surface area contributed by atoms with Crippen LogP contribution >= 0.6 is 0 Å². The number of hydrogen-bond donors (Lipinski definition) is 0. The minimum absolute atomic E-state index is 0.102. The van der Waals surface area contributed by atoms with Gasteiger partial charge in [0.15, 0.2) is 0 Å². The zero-order valence-corrected chi connectivity index (χ0v) is 66.5. The molecule has 4 aliphatic rings. The van der Waals surface area contributed by atoms with Crippen molar-refractivity contribution in [2.24, 2.45) is 0 Å². The van der Waals surface area contributed by atoms with Crippen molar-refractivity contribution >= 4 is 34.1 Å². The fourth-order valence-corrected chi connectivity index (χ4v) is 20.9. The normalized spacial score (nSPS) is 14.0. The summed E-state index contributed by atoms with van der Waals surface area (Å²) in [5, 5.41) is 0. The van der Waals surface area contributed by atoms with Gasteiger partial charge in [0.25, 0.3) is 0 Å². The Morgan fingerprint density at radius 1 is 0.153 bits per heavy atom. The number of rotatable bonds is 15. The van der Waals surface area contributed by atoms with Crippen LogP contribution in [0.25, 0.3) is 100 Å². The molecule has 118 heavy (non-hydrogen) atoms. The Balaban J connectivity index is 0.616. The van der Waals surface area contributed by atoms with Crippen LogP contribution in [0.15, 0.2) is 437 Å². The highest BCUT2D eigenvalue weighted by molar-refractivity contribution is 5.97. The highest BCUT2D eigenvalue weighted by Crippen LogP contribution is 2.61. The highest BCUT2D eigenvalue weighted by Gasteiger charge is 2.49. The first-order chi connectivity index (χ1) is 58.0. The standard InChI is InChI=1S/C116H84N2/c1-113(2)104-47-23-20-43-97(104)100-67-57-83(73-108(100)113)80-55-63-91(64-56-80)117(94-65-69-101-98-44-21-24-48-105(98)115(110(101)75-94,86-34-12-6-13-35-86)87-36-14-7-15-37-87)90-61-53-79(54-62-90)81-31-26-33-85(71-81)96-46-28-50-107-112(96)103-68-58-84(74-109(103)114(107,3)4)82-32-27-42-93(72-82)118(92-59-51-78(52-60-92)77-29-10-5-11-30-77)95-66-70-102-99-45-22-25-49-106(99)116(111(102)76-95,88-38-16-8-17-39-88)89-40-18-9-19-41-89/h5-76H,1-4H3. The molecule has 0 aromatic heterocycles. The lowest BCUT2D eigenvalue weighted by atomic mass is 9.67. The van der Waals surface area contributed by atoms with Gasteiger partial charge in [-0.25, -0.2) is 0 Å². The Hall–Kier alpha value is -14.4. The van der Waals surface area contributed by atoms with E-state index in [4.69, 9.17) is 0 Å². The average molecular weight is 1510 g/mol. The summed E-state index contributed by atoms with van der Waals surface area (Å²) in [5.74, 6) is 0. The van der Waals surface area contributed by atoms with E-state index in [0.29, 0.717) is 0 Å². The van der Waals surface area contributed by atoms with Crippen molar-refractivity contribution < 1.29 is 0 Å². The van der Waals surface area contributed by atoms with Crippen molar-refractivity contribution in [1.29, 1.82) is 0 Å². The van der Waals surface area contributed by atoms with E-state index in [2.05, 4.69) is 474 Å². The minimum atomic E-state index is -0.563. The number of anilines is 6. The molecular formula is C116H84N2. The Morgan fingerprint density at radius 2 is 0.432 bits per heavy atom. The molecule has 4 aliphatic carbocycles. The van der Waals surface area contributed by atoms with Gasteiger partial charge in [0.05, 0.1) is 10.8 Å². The van der Waals surface area contributed by atoms with Crippen LogP contribution in [0.5, 0.6) is 0 Å². The van der Waals surface area contributed by atoms with Gasteiger partial charge in [-0.3, -0.25) is 0 Å². The van der Waals surface area contributed by atoms with Gasteiger partial charge in [-0.1, -0.05) is 373 Å². The minimum Gasteiger partial charge on any atom is -0.310 e. The molecule has 0 spiro atoms. The molecule has 0 saturated carbocycles. The van der Waals surface area contributed by atoms with Gasteiger partial charge in [0.2, 0.25) is 0 Å². The van der Waals surface area contributed by atoms with E-state index in [1.165, 1.54) is 150 Å². The first-order valence-corrected chi connectivity index (χ1v) is 41.4. The summed E-state index contributed by atoms with van der Waals surface area (Å²) < 4.78 is 0. The fourth-order valence-electron chi connectivity index (χ4n) is 20.9. The predicted molar refractivity (Wildman–Crippen MR) is 493 cm³/mol. The molecule has 18 aromatic carbocycles. The quantitative estimate of drug-likeness (QED) is 0.101. The van der Waals surface area contributed by atoms with Crippen LogP contribution < -0.4 is 9.80 Å². The van der Waals surface area contributed by atoms with Crippen LogP contribution in [0.4, 0.5) is 34.1 Å². The maximum absolute atomic E-state index is 2.48. The van der Waals surface area contributed by atoms with Crippen molar-refractivity contribution in [2.45, 2.75) is 49.4 Å². The number of hydrogen-bond acceptors (Lipinski definition) is 2. The van der Waals surface area contributed by atoms with Crippen LogP contribution in [-0.4, -0.2) is 0 Å². The molecule has 0 radical (unpaired) electrons. The van der Waals surface area contributed by atoms with Crippen molar-refractivity contribution in [2.75, 3.05) is 9.80 Å². The molecule has 0 saturated heterocycles. The maximum atomic E-state index is 2.48. The largest absolute Gasteiger partial charge is 0.310 e. The molecule has 0 amide bonds. The van der Waals surface area contributed by atoms with E-state index in [1.54, 1.807) is 0 Å². The molecule has 0 N–H and O–H groups in total. The molecule has 0 fully saturated rings. The lowest BCUT2D eigenvalue weighted by Crippen LogP contribution is -2.28. The fraction of sp³-hybridized carbons (Fsp3) is 0.0690. The SMILES string of the molecule is CC1(C)c2ccccc2-c2ccc(-c3ccc(N(c4ccc(-c5cccc(-c6cccc7c6-c6ccc(-c8cccc(N(c9ccc(-c%10ccccc%10)cc9)c9ccc%10c(c9)C(c9ccccc9)(c9ccccc9)c9ccccc9-%10)c8)cc6C7(C)C)c5)cc4)c4ccc5c(c4)C(c4ccccc4)(c4ccccc4)c4ccccc4-5)cc3)cc21. The summed E-state index contributed by atoms with van der Waals surface area (Å²) in [6.07, 6.45) is 0. The molecule has 0 aliphatic heterocycles. The lowest BCUT2D eigenvalue weighted by molar-refractivity contribution is 0.660. The Bertz CT molecular complexity index is 6860. The van der Waals surface area contributed by atoms with Gasteiger partial charge in [0.1, 0.15) is 0 Å². The third-order valence-corrected chi connectivity index (χ3v) is 26.4. The van der Waals surface area contributed by atoms with Gasteiger partial charge in [-0.2, -0.15) is 0 Å². The van der Waals surface area contributed by atoms with Gasteiger partial charge < -0.3 is 9.80 Å². The Labute approximate surface area is 692 Å². The maximum Gasteiger partial charge on any atom is 0.0714 e. The van der Waals surface area contributed by atoms with Crippen molar-refractivity contribution in [1.82, 2.24) is 0 Å². The number of fused-ring (bicyclic) bond motifs is 12. The van der Waals surface area contributed by atoms with Gasteiger partial charge in [-0.05, 0) is 258 Å². The van der Waals surface area contributed by atoms with Crippen LogP contribution in [0.2, 0.25) is 0 Å². The van der Waals surface area contributed by atoms with Gasteiger partial charge >= 0.3 is 0 Å². The summed E-state index contributed by atoms with van der Waals surface area (Å²) in [7, 11) is 0. The number of benzene rings is 18. The van der Waals surface area contributed by atoms with Gasteiger partial charge in [0, 0.05) is 45.0 Å². The van der Waals surface area contributed by atoms with Crippen LogP contribution in [0.3, 0.4) is 0 Å². The third-order valence-electron chi connectivity index (χ3n) is 26.4. The van der Waals surface area contributed by atoms with Crippen molar-refractivity contribution in [3.63, 3.8) is 0 Å². The highest BCUT2D eigenvalue weighted by atomic mass is 15.1. The van der Waals surface area contributed by atoms with E-state index in [0.717, 1.165) is 50.8 Å². The second-order valence-corrected chi connectivity index (χ2v) is 33.4. The second-order valence-electron chi connectivity index (χ2n) is 33.4. The first-order valence-electron chi connectivity index (χ1n) is 41.4. The zero-order chi connectivity index (χ0) is 78.9. The predicted octanol–water partition coefficient (Wildman–Crippen LogP) is 30.3.